The van der Waals surface area contributed by atoms with Crippen LogP contribution < -0.4 is 9.47 Å². The van der Waals surface area contributed by atoms with E-state index < -0.39 is 6.10 Å². The number of aliphatic hydroxyl groups is 1. The highest BCUT2D eigenvalue weighted by Gasteiger charge is 2.10. The largest absolute Gasteiger partial charge is 0.494 e. The van der Waals surface area contributed by atoms with Crippen molar-refractivity contribution in [2.45, 2.75) is 45.3 Å². The Morgan fingerprint density at radius 2 is 1.70 bits per heavy atom. The normalized spacial score (nSPS) is 12.2. The number of rotatable bonds is 11. The van der Waals surface area contributed by atoms with Crippen LogP contribution in [0.5, 0.6) is 11.5 Å². The molecule has 1 aromatic heterocycles. The number of benzene rings is 2. The molecule has 0 unspecified atom stereocenters. The lowest BCUT2D eigenvalue weighted by molar-refractivity contribution is 0.0899. The monoisotopic (exact) mass is 369 g/mol. The summed E-state index contributed by atoms with van der Waals surface area (Å²) < 4.78 is 13.1. The van der Waals surface area contributed by atoms with Crippen LogP contribution in [0.3, 0.4) is 0 Å². The van der Waals surface area contributed by atoms with Gasteiger partial charge in [0.15, 0.2) is 0 Å². The Balaban J connectivity index is 1.42. The summed E-state index contributed by atoms with van der Waals surface area (Å²) in [7, 11) is 0. The van der Waals surface area contributed by atoms with E-state index in [1.165, 1.54) is 19.3 Å². The van der Waals surface area contributed by atoms with Crippen LogP contribution in [0.25, 0.3) is 11.0 Å². The van der Waals surface area contributed by atoms with E-state index >= 15 is 0 Å². The van der Waals surface area contributed by atoms with Crippen molar-refractivity contribution in [2.75, 3.05) is 13.2 Å². The van der Waals surface area contributed by atoms with Crippen LogP contribution in [0.2, 0.25) is 0 Å². The van der Waals surface area contributed by atoms with Crippen molar-refractivity contribution in [1.82, 2.24) is 15.0 Å². The third kappa shape index (κ3) is 5.69. The molecule has 0 radical (unpaired) electrons. The number of aliphatic hydroxyl groups excluding tert-OH is 1. The first-order chi connectivity index (χ1) is 13.3. The third-order valence-electron chi connectivity index (χ3n) is 4.34. The van der Waals surface area contributed by atoms with E-state index in [4.69, 9.17) is 9.47 Å². The van der Waals surface area contributed by atoms with Crippen LogP contribution in [-0.2, 0) is 6.54 Å². The average molecular weight is 369 g/mol. The Morgan fingerprint density at radius 1 is 0.963 bits per heavy atom. The topological polar surface area (TPSA) is 69.4 Å². The molecule has 0 aliphatic heterocycles. The molecule has 0 saturated heterocycles. The lowest BCUT2D eigenvalue weighted by Gasteiger charge is -2.13. The molecule has 0 saturated carbocycles. The SMILES string of the molecule is CCCCCCOc1ccc(OC[C@@H](O)Cn2nnc3ccccc32)cc1. The predicted octanol–water partition coefficient (Wildman–Crippen LogP) is 3.83. The van der Waals surface area contributed by atoms with E-state index in [-0.39, 0.29) is 6.61 Å². The molecule has 3 aromatic rings. The first-order valence-corrected chi connectivity index (χ1v) is 9.58. The Kier molecular flexibility index (Phi) is 7.04. The minimum absolute atomic E-state index is 0.186. The van der Waals surface area contributed by atoms with Crippen molar-refractivity contribution >= 4 is 11.0 Å². The maximum Gasteiger partial charge on any atom is 0.119 e. The molecule has 0 bridgehead atoms. The van der Waals surface area contributed by atoms with Gasteiger partial charge in [0.05, 0.1) is 18.7 Å². The van der Waals surface area contributed by atoms with Crippen molar-refractivity contribution < 1.29 is 14.6 Å². The second-order valence-electron chi connectivity index (χ2n) is 6.61. The summed E-state index contributed by atoms with van der Waals surface area (Å²) in [4.78, 5) is 0. The van der Waals surface area contributed by atoms with Gasteiger partial charge in [0.25, 0.3) is 0 Å². The van der Waals surface area contributed by atoms with E-state index in [1.54, 1.807) is 4.68 Å². The Bertz CT molecular complexity index is 817. The summed E-state index contributed by atoms with van der Waals surface area (Å²) in [6, 6.07) is 15.2. The van der Waals surface area contributed by atoms with Gasteiger partial charge in [0.2, 0.25) is 0 Å². The summed E-state index contributed by atoms with van der Waals surface area (Å²) in [5.41, 5.74) is 1.72. The molecule has 3 rings (SSSR count). The second kappa shape index (κ2) is 9.92. The predicted molar refractivity (Wildman–Crippen MR) is 105 cm³/mol. The number of ether oxygens (including phenoxy) is 2. The van der Waals surface area contributed by atoms with Gasteiger partial charge in [-0.15, -0.1) is 5.10 Å². The molecule has 0 fully saturated rings. The molecule has 1 N–H and O–H groups in total. The van der Waals surface area contributed by atoms with Gasteiger partial charge in [-0.3, -0.25) is 0 Å². The zero-order valence-electron chi connectivity index (χ0n) is 15.8. The first-order valence-electron chi connectivity index (χ1n) is 9.58. The summed E-state index contributed by atoms with van der Waals surface area (Å²) in [6.07, 6.45) is 4.09. The standard InChI is InChI=1S/C21H27N3O3/c1-2-3-4-7-14-26-18-10-12-19(13-11-18)27-16-17(25)15-24-21-9-6-5-8-20(21)22-23-24/h5-6,8-13,17,25H,2-4,7,14-16H2,1H3/t17-/m0/s1. The number of nitrogens with zero attached hydrogens (tertiary/aromatic N) is 3. The van der Waals surface area contributed by atoms with Gasteiger partial charge in [-0.05, 0) is 42.8 Å². The molecule has 144 valence electrons. The zero-order valence-corrected chi connectivity index (χ0v) is 15.8. The molecule has 0 aliphatic rings. The van der Waals surface area contributed by atoms with Gasteiger partial charge in [-0.2, -0.15) is 0 Å². The average Bonchev–Trinajstić information content (AvgIpc) is 3.10. The minimum atomic E-state index is -0.676. The van der Waals surface area contributed by atoms with Gasteiger partial charge in [-0.25, -0.2) is 4.68 Å². The van der Waals surface area contributed by atoms with Crippen molar-refractivity contribution in [3.8, 4) is 11.5 Å². The van der Waals surface area contributed by atoms with E-state index in [9.17, 15) is 5.11 Å². The second-order valence-corrected chi connectivity index (χ2v) is 6.61. The summed E-state index contributed by atoms with van der Waals surface area (Å²) in [5, 5.41) is 18.4. The number of hydrogen-bond acceptors (Lipinski definition) is 5. The molecule has 1 atom stereocenters. The van der Waals surface area contributed by atoms with E-state index in [1.807, 2.05) is 48.5 Å². The van der Waals surface area contributed by atoms with E-state index in [0.29, 0.717) is 12.3 Å². The van der Waals surface area contributed by atoms with Crippen LogP contribution in [-0.4, -0.2) is 39.4 Å². The fourth-order valence-electron chi connectivity index (χ4n) is 2.85. The highest BCUT2D eigenvalue weighted by molar-refractivity contribution is 5.73. The Labute approximate surface area is 159 Å². The lowest BCUT2D eigenvalue weighted by Crippen LogP contribution is -2.24. The zero-order chi connectivity index (χ0) is 18.9. The molecular weight excluding hydrogens is 342 g/mol. The summed E-state index contributed by atoms with van der Waals surface area (Å²) in [5.74, 6) is 1.55. The van der Waals surface area contributed by atoms with Gasteiger partial charge in [0, 0.05) is 0 Å². The molecule has 6 nitrogen and oxygen atoms in total. The van der Waals surface area contributed by atoms with Crippen molar-refractivity contribution in [1.29, 1.82) is 0 Å². The molecule has 0 amide bonds. The van der Waals surface area contributed by atoms with Crippen LogP contribution in [0.15, 0.2) is 48.5 Å². The van der Waals surface area contributed by atoms with Crippen molar-refractivity contribution in [3.05, 3.63) is 48.5 Å². The minimum Gasteiger partial charge on any atom is -0.494 e. The first kappa shape index (κ1) is 19.2. The van der Waals surface area contributed by atoms with E-state index in [2.05, 4.69) is 17.2 Å². The molecule has 6 heteroatoms. The van der Waals surface area contributed by atoms with Crippen molar-refractivity contribution in [2.24, 2.45) is 0 Å². The summed E-state index contributed by atoms with van der Waals surface area (Å²) in [6.45, 7) is 3.46. The maximum absolute atomic E-state index is 10.2. The van der Waals surface area contributed by atoms with Gasteiger partial charge in [-0.1, -0.05) is 43.5 Å². The fourth-order valence-corrected chi connectivity index (χ4v) is 2.85. The molecule has 0 aliphatic carbocycles. The van der Waals surface area contributed by atoms with Crippen LogP contribution in [0, 0.1) is 0 Å². The fraction of sp³-hybridized carbons (Fsp3) is 0.429. The summed E-state index contributed by atoms with van der Waals surface area (Å²) >= 11 is 0. The number of hydrogen-bond donors (Lipinski definition) is 1. The van der Waals surface area contributed by atoms with Gasteiger partial charge < -0.3 is 14.6 Å². The van der Waals surface area contributed by atoms with E-state index in [0.717, 1.165) is 29.8 Å². The van der Waals surface area contributed by atoms with Gasteiger partial charge >= 0.3 is 0 Å². The molecule has 1 heterocycles. The van der Waals surface area contributed by atoms with Crippen LogP contribution in [0.4, 0.5) is 0 Å². The number of aromatic nitrogens is 3. The highest BCUT2D eigenvalue weighted by atomic mass is 16.5. The molecular formula is C21H27N3O3. The number of unbranched alkanes of at least 4 members (excludes halogenated alkanes) is 3. The molecule has 0 spiro atoms. The number of fused-ring (bicyclic) bond motifs is 1. The van der Waals surface area contributed by atoms with Gasteiger partial charge in [0.1, 0.15) is 29.7 Å². The van der Waals surface area contributed by atoms with Crippen LogP contribution >= 0.6 is 0 Å². The third-order valence-corrected chi connectivity index (χ3v) is 4.34. The Hall–Kier alpha value is -2.60. The highest BCUT2D eigenvalue weighted by Crippen LogP contribution is 2.18. The Morgan fingerprint density at radius 3 is 2.48 bits per heavy atom. The quantitative estimate of drug-likeness (QED) is 0.520. The smallest absolute Gasteiger partial charge is 0.119 e. The number of para-hydroxylation sites is 1. The van der Waals surface area contributed by atoms with Crippen LogP contribution in [0.1, 0.15) is 32.6 Å². The molecule has 27 heavy (non-hydrogen) atoms. The lowest BCUT2D eigenvalue weighted by atomic mass is 10.2. The van der Waals surface area contributed by atoms with Crippen molar-refractivity contribution in [3.63, 3.8) is 0 Å². The maximum atomic E-state index is 10.2. The molecule has 2 aromatic carbocycles.